The SMILES string of the molecule is c1ccc(C2=NC(c3ccccc3)C(c3ccccc3)N2c2ccc(-c3c4ccccc4c(-c4ccc5ccccc5c4)c4ccccc34)cc2)cc1. The molecule has 1 aliphatic heterocycles. The van der Waals surface area contributed by atoms with Crippen LogP contribution in [0.3, 0.4) is 0 Å². The van der Waals surface area contributed by atoms with Gasteiger partial charge < -0.3 is 4.90 Å². The average molecular weight is 677 g/mol. The molecule has 1 heterocycles. The van der Waals surface area contributed by atoms with Crippen LogP contribution in [-0.2, 0) is 0 Å². The number of nitrogens with zero attached hydrogens (tertiary/aromatic N) is 2. The Balaban J connectivity index is 1.14. The van der Waals surface area contributed by atoms with Crippen molar-refractivity contribution in [2.24, 2.45) is 4.99 Å². The highest BCUT2D eigenvalue weighted by molar-refractivity contribution is 6.22. The van der Waals surface area contributed by atoms with E-state index in [0.717, 1.165) is 17.1 Å². The van der Waals surface area contributed by atoms with Crippen LogP contribution in [0, 0.1) is 0 Å². The molecule has 2 heteroatoms. The summed E-state index contributed by atoms with van der Waals surface area (Å²) in [6, 6.07) is 74.6. The van der Waals surface area contributed by atoms with Crippen molar-refractivity contribution in [3.8, 4) is 22.3 Å². The number of rotatable bonds is 6. The number of fused-ring (bicyclic) bond motifs is 3. The Kier molecular flexibility index (Phi) is 7.66. The Bertz CT molecular complexity index is 2710. The van der Waals surface area contributed by atoms with Crippen LogP contribution in [0.1, 0.15) is 28.8 Å². The summed E-state index contributed by atoms with van der Waals surface area (Å²) in [4.78, 5) is 7.96. The zero-order valence-corrected chi connectivity index (χ0v) is 29.2. The zero-order valence-electron chi connectivity index (χ0n) is 29.2. The van der Waals surface area contributed by atoms with E-state index >= 15 is 0 Å². The number of benzene rings is 9. The molecule has 0 N–H and O–H groups in total. The van der Waals surface area contributed by atoms with E-state index < -0.39 is 0 Å². The van der Waals surface area contributed by atoms with E-state index in [4.69, 9.17) is 4.99 Å². The normalized spacial score (nSPS) is 15.6. The van der Waals surface area contributed by atoms with E-state index in [2.05, 4.69) is 211 Å². The van der Waals surface area contributed by atoms with Crippen LogP contribution >= 0.6 is 0 Å². The molecule has 10 rings (SSSR count). The van der Waals surface area contributed by atoms with Gasteiger partial charge in [0.15, 0.2) is 0 Å². The topological polar surface area (TPSA) is 15.6 Å². The van der Waals surface area contributed by atoms with Crippen molar-refractivity contribution in [2.45, 2.75) is 12.1 Å². The van der Waals surface area contributed by atoms with Gasteiger partial charge in [0, 0.05) is 11.3 Å². The van der Waals surface area contributed by atoms with Crippen LogP contribution in [0.15, 0.2) is 211 Å². The number of hydrogen-bond acceptors (Lipinski definition) is 2. The highest BCUT2D eigenvalue weighted by Gasteiger charge is 2.39. The van der Waals surface area contributed by atoms with E-state index in [1.165, 1.54) is 65.7 Å². The summed E-state index contributed by atoms with van der Waals surface area (Å²) >= 11 is 0. The fourth-order valence-corrected chi connectivity index (χ4v) is 8.39. The predicted octanol–water partition coefficient (Wildman–Crippen LogP) is 13.2. The maximum atomic E-state index is 5.51. The van der Waals surface area contributed by atoms with Crippen molar-refractivity contribution in [1.82, 2.24) is 0 Å². The molecular formula is C51H36N2. The Morgan fingerprint density at radius 1 is 0.358 bits per heavy atom. The van der Waals surface area contributed by atoms with E-state index in [1.807, 2.05) is 0 Å². The van der Waals surface area contributed by atoms with Gasteiger partial charge >= 0.3 is 0 Å². The Morgan fingerprint density at radius 2 is 0.830 bits per heavy atom. The summed E-state index contributed by atoms with van der Waals surface area (Å²) in [5, 5.41) is 7.52. The third-order valence-electron chi connectivity index (χ3n) is 10.8. The van der Waals surface area contributed by atoms with E-state index in [0.29, 0.717) is 0 Å². The van der Waals surface area contributed by atoms with Gasteiger partial charge in [-0.25, -0.2) is 0 Å². The molecule has 53 heavy (non-hydrogen) atoms. The van der Waals surface area contributed by atoms with Gasteiger partial charge in [-0.2, -0.15) is 0 Å². The molecule has 2 atom stereocenters. The molecule has 2 unspecified atom stereocenters. The lowest BCUT2D eigenvalue weighted by Gasteiger charge is -2.31. The molecular weight excluding hydrogens is 641 g/mol. The van der Waals surface area contributed by atoms with Crippen LogP contribution in [0.2, 0.25) is 0 Å². The van der Waals surface area contributed by atoms with Crippen LogP contribution in [0.25, 0.3) is 54.6 Å². The molecule has 0 amide bonds. The summed E-state index contributed by atoms with van der Waals surface area (Å²) in [6.07, 6.45) is 0. The first-order valence-electron chi connectivity index (χ1n) is 18.4. The van der Waals surface area contributed by atoms with Crippen molar-refractivity contribution < 1.29 is 0 Å². The zero-order chi connectivity index (χ0) is 35.1. The molecule has 0 spiro atoms. The van der Waals surface area contributed by atoms with Gasteiger partial charge in [0.1, 0.15) is 11.9 Å². The van der Waals surface area contributed by atoms with Gasteiger partial charge in [0.2, 0.25) is 0 Å². The van der Waals surface area contributed by atoms with Gasteiger partial charge in [-0.1, -0.05) is 188 Å². The standard InChI is InChI=1S/C51H36N2/c1-4-17-37(18-5-1)49-50(38-19-6-2-7-20-38)53(51(52-49)39-21-8-3-9-22-39)42-32-30-36(31-33-42)47-43-24-12-14-26-45(43)48(46-27-15-13-25-44(46)47)41-29-28-35-16-10-11-23-40(35)34-41/h1-34,49-50H. The fraction of sp³-hybridized carbons (Fsp3) is 0.0392. The quantitative estimate of drug-likeness (QED) is 0.160. The largest absolute Gasteiger partial charge is 0.316 e. The Labute approximate surface area is 310 Å². The average Bonchev–Trinajstić information content (AvgIpc) is 3.64. The highest BCUT2D eigenvalue weighted by atomic mass is 15.3. The van der Waals surface area contributed by atoms with Crippen molar-refractivity contribution in [2.75, 3.05) is 4.90 Å². The fourth-order valence-electron chi connectivity index (χ4n) is 8.39. The molecule has 0 saturated carbocycles. The van der Waals surface area contributed by atoms with Gasteiger partial charge in [-0.05, 0) is 83.9 Å². The van der Waals surface area contributed by atoms with Gasteiger partial charge in [-0.3, -0.25) is 4.99 Å². The Hall–Kier alpha value is -6.77. The molecule has 0 aliphatic carbocycles. The summed E-state index contributed by atoms with van der Waals surface area (Å²) in [5.74, 6) is 0.983. The van der Waals surface area contributed by atoms with E-state index in [-0.39, 0.29) is 12.1 Å². The summed E-state index contributed by atoms with van der Waals surface area (Å²) in [5.41, 5.74) is 9.63. The molecule has 9 aromatic rings. The first kappa shape index (κ1) is 31.0. The second-order valence-electron chi connectivity index (χ2n) is 13.8. The molecule has 0 radical (unpaired) electrons. The molecule has 0 aromatic heterocycles. The number of aliphatic imine (C=N–C) groups is 1. The Morgan fingerprint density at radius 3 is 1.43 bits per heavy atom. The smallest absolute Gasteiger partial charge is 0.136 e. The van der Waals surface area contributed by atoms with E-state index in [9.17, 15) is 0 Å². The number of anilines is 1. The minimum Gasteiger partial charge on any atom is -0.316 e. The lowest BCUT2D eigenvalue weighted by atomic mass is 9.85. The third kappa shape index (κ3) is 5.39. The number of hydrogen-bond donors (Lipinski definition) is 0. The first-order chi connectivity index (χ1) is 26.3. The van der Waals surface area contributed by atoms with Crippen molar-refractivity contribution in [3.63, 3.8) is 0 Å². The van der Waals surface area contributed by atoms with Crippen LogP contribution in [-0.4, -0.2) is 5.84 Å². The minimum atomic E-state index is -0.0657. The van der Waals surface area contributed by atoms with Gasteiger partial charge in [-0.15, -0.1) is 0 Å². The first-order valence-corrected chi connectivity index (χ1v) is 18.4. The number of amidine groups is 1. The second kappa shape index (κ2) is 13.1. The maximum Gasteiger partial charge on any atom is 0.136 e. The van der Waals surface area contributed by atoms with Crippen molar-refractivity contribution >= 4 is 43.8 Å². The monoisotopic (exact) mass is 676 g/mol. The molecule has 0 fully saturated rings. The molecule has 0 saturated heterocycles. The summed E-state index contributed by atoms with van der Waals surface area (Å²) in [6.45, 7) is 0. The lowest BCUT2D eigenvalue weighted by molar-refractivity contribution is 0.612. The molecule has 250 valence electrons. The van der Waals surface area contributed by atoms with Crippen LogP contribution in [0.4, 0.5) is 5.69 Å². The highest BCUT2D eigenvalue weighted by Crippen LogP contribution is 2.48. The second-order valence-corrected chi connectivity index (χ2v) is 13.8. The van der Waals surface area contributed by atoms with Crippen molar-refractivity contribution in [3.05, 3.63) is 223 Å². The minimum absolute atomic E-state index is 0.0115. The molecule has 0 bridgehead atoms. The predicted molar refractivity (Wildman–Crippen MR) is 224 cm³/mol. The third-order valence-corrected chi connectivity index (χ3v) is 10.8. The maximum absolute atomic E-state index is 5.51. The molecule has 1 aliphatic rings. The van der Waals surface area contributed by atoms with Gasteiger partial charge in [0.05, 0.1) is 6.04 Å². The van der Waals surface area contributed by atoms with Crippen LogP contribution < -0.4 is 4.90 Å². The molecule has 2 nitrogen and oxygen atoms in total. The van der Waals surface area contributed by atoms with Crippen LogP contribution in [0.5, 0.6) is 0 Å². The van der Waals surface area contributed by atoms with Crippen molar-refractivity contribution in [1.29, 1.82) is 0 Å². The van der Waals surface area contributed by atoms with E-state index in [1.54, 1.807) is 0 Å². The summed E-state index contributed by atoms with van der Waals surface area (Å²) < 4.78 is 0. The lowest BCUT2D eigenvalue weighted by Crippen LogP contribution is -2.32. The summed E-state index contributed by atoms with van der Waals surface area (Å²) in [7, 11) is 0. The van der Waals surface area contributed by atoms with Gasteiger partial charge in [0.25, 0.3) is 0 Å². The molecule has 9 aromatic carbocycles.